The van der Waals surface area contributed by atoms with Gasteiger partial charge in [-0.2, -0.15) is 0 Å². The van der Waals surface area contributed by atoms with Gasteiger partial charge in [-0.15, -0.1) is 12.4 Å². The highest BCUT2D eigenvalue weighted by Gasteiger charge is 2.16. The molecule has 0 saturated heterocycles. The van der Waals surface area contributed by atoms with Crippen LogP contribution >= 0.6 is 35.6 Å². The average molecular weight is 418 g/mol. The average Bonchev–Trinajstić information content (AvgIpc) is 2.89. The highest BCUT2D eigenvalue weighted by molar-refractivity contribution is 6.30. The summed E-state index contributed by atoms with van der Waals surface area (Å²) in [7, 11) is 0. The number of rotatable bonds is 3. The first kappa shape index (κ1) is 19.8. The Morgan fingerprint density at radius 1 is 0.852 bits per heavy atom. The van der Waals surface area contributed by atoms with E-state index in [4.69, 9.17) is 28.2 Å². The summed E-state index contributed by atoms with van der Waals surface area (Å²) in [6, 6.07) is 18.0. The van der Waals surface area contributed by atoms with E-state index in [2.05, 4.69) is 36.6 Å². The maximum atomic E-state index is 6.06. The number of aryl methyl sites for hydroxylation is 1. The van der Waals surface area contributed by atoms with Gasteiger partial charge >= 0.3 is 0 Å². The zero-order chi connectivity index (χ0) is 18.3. The van der Waals surface area contributed by atoms with E-state index in [0.29, 0.717) is 0 Å². The number of fused-ring (bicyclic) bond motifs is 1. The summed E-state index contributed by atoms with van der Waals surface area (Å²) in [4.78, 5) is 4.69. The van der Waals surface area contributed by atoms with E-state index >= 15 is 0 Å². The predicted octanol–water partition coefficient (Wildman–Crippen LogP) is 7.10. The van der Waals surface area contributed by atoms with Gasteiger partial charge in [-0.05, 0) is 55.3 Å². The second kappa shape index (κ2) is 7.93. The van der Waals surface area contributed by atoms with Crippen molar-refractivity contribution in [2.75, 3.05) is 0 Å². The highest BCUT2D eigenvalue weighted by atomic mass is 35.5. The van der Waals surface area contributed by atoms with E-state index < -0.39 is 0 Å². The minimum Gasteiger partial charge on any atom is -0.338 e. The van der Waals surface area contributed by atoms with Crippen molar-refractivity contribution in [1.82, 2.24) is 9.55 Å². The normalized spacial score (nSPS) is 10.8. The molecule has 0 radical (unpaired) electrons. The minimum absolute atomic E-state index is 0. The van der Waals surface area contributed by atoms with Crippen molar-refractivity contribution in [2.24, 2.45) is 0 Å². The third-order valence-corrected chi connectivity index (χ3v) is 5.42. The number of aromatic nitrogens is 2. The summed E-state index contributed by atoms with van der Waals surface area (Å²) in [5.41, 5.74) is 6.93. The molecule has 0 amide bonds. The van der Waals surface area contributed by atoms with Gasteiger partial charge in [-0.25, -0.2) is 0 Å². The van der Waals surface area contributed by atoms with Crippen LogP contribution < -0.4 is 0 Å². The SMILES string of the molecule is Cc1c(C)n(Cc2ccc(Cl)cc2)c2c(-c3ccc(Cl)cc3)nccc12.Cl. The van der Waals surface area contributed by atoms with Crippen molar-refractivity contribution in [3.05, 3.63) is 87.7 Å². The summed E-state index contributed by atoms with van der Waals surface area (Å²) in [5, 5.41) is 2.71. The molecule has 2 heterocycles. The lowest BCUT2D eigenvalue weighted by Gasteiger charge is -2.12. The molecule has 0 aliphatic heterocycles. The first-order valence-electron chi connectivity index (χ1n) is 8.49. The molecular weight excluding hydrogens is 399 g/mol. The Bertz CT molecular complexity index is 1080. The first-order valence-corrected chi connectivity index (χ1v) is 9.25. The lowest BCUT2D eigenvalue weighted by atomic mass is 10.1. The molecular formula is C22H19Cl3N2. The molecule has 0 spiro atoms. The Hall–Kier alpha value is -2.00. The molecule has 0 aliphatic carbocycles. The van der Waals surface area contributed by atoms with Crippen LogP contribution in [0, 0.1) is 13.8 Å². The fourth-order valence-corrected chi connectivity index (χ4v) is 3.64. The summed E-state index contributed by atoms with van der Waals surface area (Å²) in [6.45, 7) is 5.11. The van der Waals surface area contributed by atoms with Gasteiger partial charge in [0.15, 0.2) is 0 Å². The number of hydrogen-bond donors (Lipinski definition) is 0. The summed E-state index contributed by atoms with van der Waals surface area (Å²) in [5.74, 6) is 0. The zero-order valence-corrected chi connectivity index (χ0v) is 17.4. The summed E-state index contributed by atoms with van der Waals surface area (Å²) in [6.07, 6.45) is 1.88. The van der Waals surface area contributed by atoms with Crippen molar-refractivity contribution < 1.29 is 0 Å². The molecule has 0 N–H and O–H groups in total. The van der Waals surface area contributed by atoms with Gasteiger partial charge in [0.25, 0.3) is 0 Å². The number of nitrogens with zero attached hydrogens (tertiary/aromatic N) is 2. The largest absolute Gasteiger partial charge is 0.338 e. The van der Waals surface area contributed by atoms with E-state index in [0.717, 1.165) is 33.4 Å². The van der Waals surface area contributed by atoms with Crippen LogP contribution in [0.2, 0.25) is 10.0 Å². The molecule has 0 saturated carbocycles. The van der Waals surface area contributed by atoms with Crippen molar-refractivity contribution in [2.45, 2.75) is 20.4 Å². The predicted molar refractivity (Wildman–Crippen MR) is 117 cm³/mol. The van der Waals surface area contributed by atoms with Gasteiger partial charge in [0.1, 0.15) is 0 Å². The Kier molecular flexibility index (Phi) is 5.81. The van der Waals surface area contributed by atoms with Crippen molar-refractivity contribution in [3.63, 3.8) is 0 Å². The summed E-state index contributed by atoms with van der Waals surface area (Å²) >= 11 is 12.1. The van der Waals surface area contributed by atoms with Crippen LogP contribution in [0.15, 0.2) is 60.8 Å². The molecule has 0 fully saturated rings. The van der Waals surface area contributed by atoms with E-state index in [1.54, 1.807) is 0 Å². The van der Waals surface area contributed by atoms with Crippen molar-refractivity contribution >= 4 is 46.5 Å². The molecule has 0 bridgehead atoms. The molecule has 4 aromatic rings. The van der Waals surface area contributed by atoms with Gasteiger partial charge in [0.05, 0.1) is 11.2 Å². The number of halogens is 3. The van der Waals surface area contributed by atoms with E-state index in [-0.39, 0.29) is 12.4 Å². The second-order valence-electron chi connectivity index (χ2n) is 6.49. The Labute approximate surface area is 175 Å². The van der Waals surface area contributed by atoms with Gasteiger partial charge in [-0.1, -0.05) is 47.5 Å². The topological polar surface area (TPSA) is 17.8 Å². The van der Waals surface area contributed by atoms with Gasteiger partial charge in [0.2, 0.25) is 0 Å². The second-order valence-corrected chi connectivity index (χ2v) is 7.36. The number of hydrogen-bond acceptors (Lipinski definition) is 1. The molecule has 0 atom stereocenters. The number of benzene rings is 2. The Morgan fingerprint density at radius 2 is 1.44 bits per heavy atom. The van der Waals surface area contributed by atoms with Gasteiger partial charge in [-0.3, -0.25) is 4.98 Å². The van der Waals surface area contributed by atoms with Crippen LogP contribution in [-0.2, 0) is 6.54 Å². The molecule has 0 aliphatic rings. The van der Waals surface area contributed by atoms with Crippen LogP contribution in [-0.4, -0.2) is 9.55 Å². The lowest BCUT2D eigenvalue weighted by Crippen LogP contribution is -2.03. The molecule has 4 rings (SSSR count). The van der Waals surface area contributed by atoms with E-state index in [1.807, 2.05) is 42.6 Å². The molecule has 2 nitrogen and oxygen atoms in total. The standard InChI is InChI=1S/C22H18Cl2N2.ClH/c1-14-15(2)26(13-16-3-7-18(23)8-4-16)22-20(14)11-12-25-21(22)17-5-9-19(24)10-6-17;/h3-12H,13H2,1-2H3;1H. The maximum absolute atomic E-state index is 6.06. The smallest absolute Gasteiger partial charge is 0.0945 e. The third-order valence-electron chi connectivity index (χ3n) is 4.92. The van der Waals surface area contributed by atoms with Gasteiger partial charge in [0, 0.05) is 39.4 Å². The molecule has 2 aromatic heterocycles. The number of pyridine rings is 1. The lowest BCUT2D eigenvalue weighted by molar-refractivity contribution is 0.800. The van der Waals surface area contributed by atoms with Crippen LogP contribution in [0.4, 0.5) is 0 Å². The van der Waals surface area contributed by atoms with Gasteiger partial charge < -0.3 is 4.57 Å². The molecule has 5 heteroatoms. The minimum atomic E-state index is 0. The van der Waals surface area contributed by atoms with E-state index in [1.165, 1.54) is 22.2 Å². The monoisotopic (exact) mass is 416 g/mol. The Morgan fingerprint density at radius 3 is 2.07 bits per heavy atom. The quantitative estimate of drug-likeness (QED) is 0.347. The van der Waals surface area contributed by atoms with Crippen LogP contribution in [0.1, 0.15) is 16.8 Å². The Balaban J connectivity index is 0.00000210. The highest BCUT2D eigenvalue weighted by Crippen LogP contribution is 2.33. The van der Waals surface area contributed by atoms with Crippen LogP contribution in [0.5, 0.6) is 0 Å². The molecule has 27 heavy (non-hydrogen) atoms. The van der Waals surface area contributed by atoms with Crippen LogP contribution in [0.25, 0.3) is 22.2 Å². The molecule has 0 unspecified atom stereocenters. The zero-order valence-electron chi connectivity index (χ0n) is 15.0. The first-order chi connectivity index (χ1) is 12.5. The third kappa shape index (κ3) is 3.70. The van der Waals surface area contributed by atoms with Crippen molar-refractivity contribution in [1.29, 1.82) is 0 Å². The molecule has 138 valence electrons. The summed E-state index contributed by atoms with van der Waals surface area (Å²) < 4.78 is 2.34. The van der Waals surface area contributed by atoms with Crippen molar-refractivity contribution in [3.8, 4) is 11.3 Å². The van der Waals surface area contributed by atoms with E-state index in [9.17, 15) is 0 Å². The molecule has 2 aromatic carbocycles. The maximum Gasteiger partial charge on any atom is 0.0945 e. The van der Waals surface area contributed by atoms with Crippen LogP contribution in [0.3, 0.4) is 0 Å². The fourth-order valence-electron chi connectivity index (χ4n) is 3.38. The fraction of sp³-hybridized carbons (Fsp3) is 0.136.